The molecule has 1 aliphatic heterocycles. The minimum atomic E-state index is -0.557. The summed E-state index contributed by atoms with van der Waals surface area (Å²) in [5.41, 5.74) is -1.09. The highest BCUT2D eigenvalue weighted by Crippen LogP contribution is 2.39. The van der Waals surface area contributed by atoms with Gasteiger partial charge in [0.15, 0.2) is 0 Å². The normalized spacial score (nSPS) is 27.3. The molecule has 0 unspecified atom stereocenters. The van der Waals surface area contributed by atoms with Crippen molar-refractivity contribution in [1.29, 1.82) is 0 Å². The molecule has 1 aliphatic carbocycles. The van der Waals surface area contributed by atoms with E-state index in [1.807, 2.05) is 41.5 Å². The van der Waals surface area contributed by atoms with Gasteiger partial charge in [0.2, 0.25) is 0 Å². The second kappa shape index (κ2) is 7.60. The number of ether oxygens (including phenoxy) is 2. The lowest BCUT2D eigenvalue weighted by atomic mass is 9.86. The van der Waals surface area contributed by atoms with Crippen LogP contribution in [0.15, 0.2) is 12.2 Å². The topological polar surface area (TPSA) is 55.8 Å². The van der Waals surface area contributed by atoms with E-state index >= 15 is 0 Å². The molecule has 1 amide bonds. The number of rotatable bonds is 2. The van der Waals surface area contributed by atoms with Crippen molar-refractivity contribution in [3.05, 3.63) is 12.2 Å². The first-order chi connectivity index (χ1) is 11.5. The molecule has 0 radical (unpaired) electrons. The summed E-state index contributed by atoms with van der Waals surface area (Å²) in [7, 11) is 0. The number of carbonyl (C=O) groups excluding carboxylic acids is 2. The molecule has 1 fully saturated rings. The van der Waals surface area contributed by atoms with Crippen LogP contribution < -0.4 is 0 Å². The SMILES string of the molecule is CC(C)(C)OC(=O)[C@@H]1SCN(C(=O)OC(C)(C)C)[C@@H]1[C@H]1C=CCCC1. The minimum absolute atomic E-state index is 0.161. The molecule has 142 valence electrons. The van der Waals surface area contributed by atoms with Gasteiger partial charge in [-0.25, -0.2) is 4.79 Å². The van der Waals surface area contributed by atoms with Crippen LogP contribution in [-0.4, -0.2) is 45.3 Å². The van der Waals surface area contributed by atoms with E-state index in [-0.39, 0.29) is 29.3 Å². The van der Waals surface area contributed by atoms with Gasteiger partial charge in [0, 0.05) is 0 Å². The van der Waals surface area contributed by atoms with Gasteiger partial charge < -0.3 is 9.47 Å². The summed E-state index contributed by atoms with van der Waals surface area (Å²) in [6.45, 7) is 11.2. The van der Waals surface area contributed by atoms with Crippen LogP contribution in [0.1, 0.15) is 60.8 Å². The molecule has 0 spiro atoms. The predicted molar refractivity (Wildman–Crippen MR) is 100 cm³/mol. The third kappa shape index (κ3) is 5.66. The Kier molecular flexibility index (Phi) is 6.13. The maximum absolute atomic E-state index is 12.7. The van der Waals surface area contributed by atoms with Crippen LogP contribution in [0.5, 0.6) is 0 Å². The number of esters is 1. The molecule has 1 saturated heterocycles. The van der Waals surface area contributed by atoms with Crippen LogP contribution in [-0.2, 0) is 14.3 Å². The Morgan fingerprint density at radius 3 is 2.24 bits per heavy atom. The number of thioether (sulfide) groups is 1. The van der Waals surface area contributed by atoms with Crippen molar-refractivity contribution in [3.63, 3.8) is 0 Å². The zero-order valence-corrected chi connectivity index (χ0v) is 17.0. The van der Waals surface area contributed by atoms with E-state index in [2.05, 4.69) is 12.2 Å². The van der Waals surface area contributed by atoms with Gasteiger partial charge in [0.25, 0.3) is 0 Å². The van der Waals surface area contributed by atoms with E-state index in [1.165, 1.54) is 11.8 Å². The Morgan fingerprint density at radius 1 is 1.08 bits per heavy atom. The Labute approximate surface area is 155 Å². The van der Waals surface area contributed by atoms with Crippen molar-refractivity contribution in [1.82, 2.24) is 4.90 Å². The van der Waals surface area contributed by atoms with Gasteiger partial charge in [-0.3, -0.25) is 9.69 Å². The second-order valence-corrected chi connectivity index (χ2v) is 9.81. The first-order valence-corrected chi connectivity index (χ1v) is 10.0. The molecule has 5 nitrogen and oxygen atoms in total. The first kappa shape index (κ1) is 20.1. The summed E-state index contributed by atoms with van der Waals surface area (Å²) < 4.78 is 11.2. The number of amides is 1. The van der Waals surface area contributed by atoms with Crippen molar-refractivity contribution in [2.24, 2.45) is 5.92 Å². The van der Waals surface area contributed by atoms with E-state index in [1.54, 1.807) is 4.90 Å². The van der Waals surface area contributed by atoms with E-state index in [0.29, 0.717) is 5.88 Å². The Balaban J connectivity index is 2.22. The van der Waals surface area contributed by atoms with Crippen LogP contribution in [0, 0.1) is 5.92 Å². The number of carbonyl (C=O) groups is 2. The molecule has 0 bridgehead atoms. The van der Waals surface area contributed by atoms with Crippen LogP contribution >= 0.6 is 11.8 Å². The quantitative estimate of drug-likeness (QED) is 0.534. The highest BCUT2D eigenvalue weighted by Gasteiger charge is 2.48. The standard InChI is InChI=1S/C19H31NO4S/c1-18(2,3)23-16(21)15-14(13-10-8-7-9-11-13)20(12-25-15)17(22)24-19(4,5)6/h8,10,13-15H,7,9,11-12H2,1-6H3/t13-,14+,15+/m0/s1. The lowest BCUT2D eigenvalue weighted by Gasteiger charge is -2.35. The first-order valence-electron chi connectivity index (χ1n) is 8.99. The molecule has 0 N–H and O–H groups in total. The van der Waals surface area contributed by atoms with Crippen molar-refractivity contribution < 1.29 is 19.1 Å². The number of hydrogen-bond donors (Lipinski definition) is 0. The Bertz CT molecular complexity index is 497. The highest BCUT2D eigenvalue weighted by atomic mass is 32.2. The Hall–Kier alpha value is -1.17. The fourth-order valence-electron chi connectivity index (χ4n) is 3.15. The smallest absolute Gasteiger partial charge is 0.411 e. The van der Waals surface area contributed by atoms with Crippen LogP contribution in [0.2, 0.25) is 0 Å². The third-order valence-electron chi connectivity index (χ3n) is 4.06. The molecule has 1 heterocycles. The number of hydrogen-bond acceptors (Lipinski definition) is 5. The minimum Gasteiger partial charge on any atom is -0.459 e. The van der Waals surface area contributed by atoms with Gasteiger partial charge in [-0.15, -0.1) is 11.8 Å². The molecule has 2 aliphatic rings. The maximum Gasteiger partial charge on any atom is 0.411 e. The molecular formula is C19H31NO4S. The van der Waals surface area contributed by atoms with E-state index in [9.17, 15) is 9.59 Å². The Morgan fingerprint density at radius 2 is 1.72 bits per heavy atom. The second-order valence-electron chi connectivity index (χ2n) is 8.71. The zero-order valence-electron chi connectivity index (χ0n) is 16.2. The van der Waals surface area contributed by atoms with Crippen molar-refractivity contribution in [2.75, 3.05) is 5.88 Å². The van der Waals surface area contributed by atoms with E-state index < -0.39 is 11.2 Å². The molecule has 0 saturated carbocycles. The molecule has 0 aromatic carbocycles. The van der Waals surface area contributed by atoms with Gasteiger partial charge >= 0.3 is 12.1 Å². The summed E-state index contributed by atoms with van der Waals surface area (Å²) in [4.78, 5) is 27.1. The predicted octanol–water partition coefficient (Wildman–Crippen LogP) is 4.36. The molecule has 25 heavy (non-hydrogen) atoms. The van der Waals surface area contributed by atoms with Gasteiger partial charge in [-0.1, -0.05) is 12.2 Å². The summed E-state index contributed by atoms with van der Waals surface area (Å²) in [5.74, 6) is 0.370. The van der Waals surface area contributed by atoms with Crippen LogP contribution in [0.25, 0.3) is 0 Å². The lowest BCUT2D eigenvalue weighted by molar-refractivity contribution is -0.155. The maximum atomic E-state index is 12.7. The largest absolute Gasteiger partial charge is 0.459 e. The highest BCUT2D eigenvalue weighted by molar-refractivity contribution is 8.00. The van der Waals surface area contributed by atoms with Crippen molar-refractivity contribution in [3.8, 4) is 0 Å². The van der Waals surface area contributed by atoms with Gasteiger partial charge in [-0.2, -0.15) is 0 Å². The molecule has 0 aromatic heterocycles. The summed E-state index contributed by atoms with van der Waals surface area (Å²) in [5, 5.41) is -0.375. The van der Waals surface area contributed by atoms with E-state index in [4.69, 9.17) is 9.47 Å². The molecule has 2 rings (SSSR count). The zero-order chi connectivity index (χ0) is 18.8. The van der Waals surface area contributed by atoms with Crippen molar-refractivity contribution in [2.45, 2.75) is 83.3 Å². The fourth-order valence-corrected chi connectivity index (χ4v) is 4.48. The molecule has 6 heteroatoms. The average molecular weight is 370 g/mol. The number of nitrogens with zero attached hydrogens (tertiary/aromatic N) is 1. The van der Waals surface area contributed by atoms with Gasteiger partial charge in [0.05, 0.1) is 11.9 Å². The van der Waals surface area contributed by atoms with Crippen LogP contribution in [0.3, 0.4) is 0 Å². The summed E-state index contributed by atoms with van der Waals surface area (Å²) >= 11 is 1.47. The van der Waals surface area contributed by atoms with E-state index in [0.717, 1.165) is 19.3 Å². The van der Waals surface area contributed by atoms with Gasteiger partial charge in [-0.05, 0) is 66.7 Å². The molecule has 3 atom stereocenters. The number of allylic oxidation sites excluding steroid dienone is 1. The lowest BCUT2D eigenvalue weighted by Crippen LogP contribution is -2.49. The fraction of sp³-hybridized carbons (Fsp3) is 0.789. The monoisotopic (exact) mass is 369 g/mol. The average Bonchev–Trinajstić information content (AvgIpc) is 2.89. The van der Waals surface area contributed by atoms with Crippen LogP contribution in [0.4, 0.5) is 4.79 Å². The summed E-state index contributed by atoms with van der Waals surface area (Å²) in [6, 6.07) is -0.216. The molecular weight excluding hydrogens is 338 g/mol. The molecule has 0 aromatic rings. The third-order valence-corrected chi connectivity index (χ3v) is 5.32. The van der Waals surface area contributed by atoms with Crippen molar-refractivity contribution >= 4 is 23.8 Å². The summed E-state index contributed by atoms with van der Waals surface area (Å²) in [6.07, 6.45) is 7.05. The van der Waals surface area contributed by atoms with Gasteiger partial charge in [0.1, 0.15) is 16.5 Å².